The fraction of sp³-hybridized carbons (Fsp3) is 0.375. The van der Waals surface area contributed by atoms with Crippen LogP contribution in [0.5, 0.6) is 0 Å². The number of anilines is 1. The molecule has 1 aliphatic rings. The molecule has 0 saturated heterocycles. The fourth-order valence-electron chi connectivity index (χ4n) is 2.80. The number of carbonyl (C=O) groups is 1. The quantitative estimate of drug-likeness (QED) is 0.890. The van der Waals surface area contributed by atoms with Crippen molar-refractivity contribution in [2.24, 2.45) is 5.92 Å². The molecule has 0 saturated carbocycles. The number of halogens is 3. The number of nitrogens with zero attached hydrogens (tertiary/aromatic N) is 1. The van der Waals surface area contributed by atoms with Gasteiger partial charge in [-0.1, -0.05) is 12.1 Å². The molecule has 7 heteroatoms. The lowest BCUT2D eigenvalue weighted by Crippen LogP contribution is -2.28. The summed E-state index contributed by atoms with van der Waals surface area (Å²) < 4.78 is 38.9. The van der Waals surface area contributed by atoms with Crippen molar-refractivity contribution in [3.63, 3.8) is 0 Å². The number of benzene rings is 1. The normalized spacial score (nSPS) is 17.7. The van der Waals surface area contributed by atoms with Crippen LogP contribution in [0.2, 0.25) is 0 Å². The van der Waals surface area contributed by atoms with E-state index in [9.17, 15) is 18.0 Å². The summed E-state index contributed by atoms with van der Waals surface area (Å²) in [5, 5.41) is 3.41. The Bertz CT molecular complexity index is 739. The molecule has 0 radical (unpaired) electrons. The molecule has 0 fully saturated rings. The summed E-state index contributed by atoms with van der Waals surface area (Å²) in [6.45, 7) is 1.91. The van der Waals surface area contributed by atoms with Crippen molar-refractivity contribution in [2.45, 2.75) is 32.4 Å². The number of aryl methyl sites for hydroxylation is 2. The summed E-state index contributed by atoms with van der Waals surface area (Å²) in [6.07, 6.45) is -2.64. The maximum Gasteiger partial charge on any atom is 0.418 e. The Morgan fingerprint density at radius 3 is 2.83 bits per heavy atom. The zero-order chi connectivity index (χ0) is 16.6. The van der Waals surface area contributed by atoms with E-state index in [-0.39, 0.29) is 17.5 Å². The van der Waals surface area contributed by atoms with E-state index < -0.39 is 11.7 Å². The highest BCUT2D eigenvalue weighted by molar-refractivity contribution is 7.11. The summed E-state index contributed by atoms with van der Waals surface area (Å²) in [5.41, 5.74) is 0.0157. The van der Waals surface area contributed by atoms with Gasteiger partial charge in [0.15, 0.2) is 0 Å². The number of hydrogen-bond acceptors (Lipinski definition) is 3. The number of para-hydroxylation sites is 1. The van der Waals surface area contributed by atoms with Gasteiger partial charge in [-0.05, 0) is 38.3 Å². The number of carbonyl (C=O) groups excluding carboxylic acids is 1. The molecule has 2 aromatic rings. The number of amides is 1. The van der Waals surface area contributed by atoms with Crippen LogP contribution in [0.1, 0.15) is 27.6 Å². The van der Waals surface area contributed by atoms with Crippen molar-refractivity contribution < 1.29 is 18.0 Å². The number of nitrogens with one attached hydrogen (secondary N) is 1. The maximum atomic E-state index is 13.0. The molecule has 122 valence electrons. The van der Waals surface area contributed by atoms with Crippen molar-refractivity contribution in [2.75, 3.05) is 5.32 Å². The summed E-state index contributed by atoms with van der Waals surface area (Å²) in [5.74, 6) is -0.679. The predicted octanol–water partition coefficient (Wildman–Crippen LogP) is 4.21. The van der Waals surface area contributed by atoms with Gasteiger partial charge in [-0.2, -0.15) is 13.2 Å². The van der Waals surface area contributed by atoms with Gasteiger partial charge >= 0.3 is 6.18 Å². The minimum absolute atomic E-state index is 0.184. The lowest BCUT2D eigenvalue weighted by molar-refractivity contribution is -0.137. The molecule has 0 bridgehead atoms. The minimum atomic E-state index is -4.49. The van der Waals surface area contributed by atoms with Gasteiger partial charge in [0, 0.05) is 10.8 Å². The summed E-state index contributed by atoms with van der Waals surface area (Å²) in [4.78, 5) is 17.9. The Morgan fingerprint density at radius 1 is 1.35 bits per heavy atom. The first-order chi connectivity index (χ1) is 10.8. The van der Waals surface area contributed by atoms with Gasteiger partial charge in [0.25, 0.3) is 0 Å². The van der Waals surface area contributed by atoms with E-state index in [1.54, 1.807) is 11.3 Å². The van der Waals surface area contributed by atoms with Crippen LogP contribution < -0.4 is 5.32 Å². The Balaban J connectivity index is 1.76. The fourth-order valence-corrected chi connectivity index (χ4v) is 3.86. The van der Waals surface area contributed by atoms with Crippen LogP contribution in [-0.4, -0.2) is 10.9 Å². The van der Waals surface area contributed by atoms with E-state index in [0.29, 0.717) is 19.3 Å². The van der Waals surface area contributed by atoms with Crippen LogP contribution in [0, 0.1) is 12.8 Å². The molecule has 23 heavy (non-hydrogen) atoms. The number of thiazole rings is 1. The molecule has 0 spiro atoms. The highest BCUT2D eigenvalue weighted by Crippen LogP contribution is 2.35. The molecular formula is C16H15F3N2OS. The van der Waals surface area contributed by atoms with Crippen molar-refractivity contribution in [3.8, 4) is 0 Å². The third-order valence-corrected chi connectivity index (χ3v) is 4.94. The molecule has 3 nitrogen and oxygen atoms in total. The molecule has 1 heterocycles. The molecule has 3 rings (SSSR count). The third kappa shape index (κ3) is 3.39. The summed E-state index contributed by atoms with van der Waals surface area (Å²) in [6, 6.07) is 5.05. The predicted molar refractivity (Wildman–Crippen MR) is 82.4 cm³/mol. The smallest absolute Gasteiger partial charge is 0.325 e. The number of aromatic nitrogens is 1. The average molecular weight is 340 g/mol. The van der Waals surface area contributed by atoms with Gasteiger partial charge in [0.05, 0.1) is 22.0 Å². The van der Waals surface area contributed by atoms with E-state index >= 15 is 0 Å². The van der Waals surface area contributed by atoms with E-state index in [1.807, 2.05) is 6.92 Å². The van der Waals surface area contributed by atoms with Gasteiger partial charge < -0.3 is 5.32 Å². The minimum Gasteiger partial charge on any atom is -0.325 e. The molecule has 0 aliphatic heterocycles. The lowest BCUT2D eigenvalue weighted by Gasteiger charge is -2.21. The number of rotatable bonds is 2. The molecular weight excluding hydrogens is 325 g/mol. The Morgan fingerprint density at radius 2 is 2.09 bits per heavy atom. The monoisotopic (exact) mass is 340 g/mol. The highest BCUT2D eigenvalue weighted by Gasteiger charge is 2.34. The molecule has 1 aromatic carbocycles. The zero-order valence-corrected chi connectivity index (χ0v) is 13.2. The van der Waals surface area contributed by atoms with Crippen LogP contribution in [0.25, 0.3) is 0 Å². The zero-order valence-electron chi connectivity index (χ0n) is 12.4. The van der Waals surface area contributed by atoms with Crippen LogP contribution >= 0.6 is 11.3 Å². The Kier molecular flexibility index (Phi) is 4.14. The maximum absolute atomic E-state index is 13.0. The summed E-state index contributed by atoms with van der Waals surface area (Å²) in [7, 11) is 0. The van der Waals surface area contributed by atoms with Crippen LogP contribution in [-0.2, 0) is 23.8 Å². The standard InChI is InChI=1S/C16H15F3N2OS/c1-9-20-13-7-6-10(8-14(13)23-9)15(22)21-12-5-3-2-4-11(12)16(17,18)19/h2-5,10H,6-8H2,1H3,(H,21,22). The van der Waals surface area contributed by atoms with E-state index in [4.69, 9.17) is 0 Å². The van der Waals surface area contributed by atoms with Crippen LogP contribution in [0.4, 0.5) is 18.9 Å². The van der Waals surface area contributed by atoms with Gasteiger partial charge in [-0.15, -0.1) is 11.3 Å². The Labute approximate surface area is 135 Å². The van der Waals surface area contributed by atoms with Crippen molar-refractivity contribution in [1.29, 1.82) is 0 Å². The largest absolute Gasteiger partial charge is 0.418 e. The van der Waals surface area contributed by atoms with Gasteiger partial charge in [0.1, 0.15) is 0 Å². The summed E-state index contributed by atoms with van der Waals surface area (Å²) >= 11 is 1.55. The first kappa shape index (κ1) is 16.0. The van der Waals surface area contributed by atoms with E-state index in [1.165, 1.54) is 18.2 Å². The number of alkyl halides is 3. The second-order valence-corrected chi connectivity index (χ2v) is 6.86. The van der Waals surface area contributed by atoms with Crippen LogP contribution in [0.3, 0.4) is 0 Å². The molecule has 1 aromatic heterocycles. The van der Waals surface area contributed by atoms with Gasteiger partial charge in [0.2, 0.25) is 5.91 Å². The molecule has 1 N–H and O–H groups in total. The topological polar surface area (TPSA) is 42.0 Å². The second kappa shape index (κ2) is 5.96. The number of fused-ring (bicyclic) bond motifs is 1. The third-order valence-electron chi connectivity index (χ3n) is 3.91. The van der Waals surface area contributed by atoms with Crippen molar-refractivity contribution in [1.82, 2.24) is 4.98 Å². The SMILES string of the molecule is Cc1nc2c(s1)CC(C(=O)Nc1ccccc1C(F)(F)F)CC2. The average Bonchev–Trinajstić information content (AvgIpc) is 2.85. The first-order valence-electron chi connectivity index (χ1n) is 7.27. The van der Waals surface area contributed by atoms with Gasteiger partial charge in [-0.3, -0.25) is 4.79 Å². The molecule has 1 unspecified atom stereocenters. The van der Waals surface area contributed by atoms with E-state index in [2.05, 4.69) is 10.3 Å². The molecule has 1 aliphatic carbocycles. The highest BCUT2D eigenvalue weighted by atomic mass is 32.1. The van der Waals surface area contributed by atoms with Crippen LogP contribution in [0.15, 0.2) is 24.3 Å². The van der Waals surface area contributed by atoms with E-state index in [0.717, 1.165) is 21.6 Å². The second-order valence-electron chi connectivity index (χ2n) is 5.58. The first-order valence-corrected chi connectivity index (χ1v) is 8.08. The number of hydrogen-bond donors (Lipinski definition) is 1. The molecule has 1 atom stereocenters. The van der Waals surface area contributed by atoms with Crippen molar-refractivity contribution in [3.05, 3.63) is 45.4 Å². The molecule has 1 amide bonds. The van der Waals surface area contributed by atoms with Crippen molar-refractivity contribution >= 4 is 22.9 Å². The lowest BCUT2D eigenvalue weighted by atomic mass is 9.90. The van der Waals surface area contributed by atoms with Gasteiger partial charge in [-0.25, -0.2) is 4.98 Å². The Hall–Kier alpha value is -1.89.